The van der Waals surface area contributed by atoms with Crippen molar-refractivity contribution < 1.29 is 17.9 Å². The maximum absolute atomic E-state index is 12.6. The number of carbonyl (C=O) groups excluding carboxylic acids is 1. The van der Waals surface area contributed by atoms with Gasteiger partial charge >= 0.3 is 0 Å². The van der Waals surface area contributed by atoms with Gasteiger partial charge in [0.1, 0.15) is 12.4 Å². The van der Waals surface area contributed by atoms with Crippen molar-refractivity contribution >= 4 is 21.6 Å². The zero-order valence-electron chi connectivity index (χ0n) is 17.8. The number of rotatable bonds is 8. The summed E-state index contributed by atoms with van der Waals surface area (Å²) in [5.41, 5.74) is 3.52. The van der Waals surface area contributed by atoms with Gasteiger partial charge in [-0.3, -0.25) is 9.52 Å². The van der Waals surface area contributed by atoms with Crippen LogP contribution in [-0.4, -0.2) is 27.5 Å². The van der Waals surface area contributed by atoms with Crippen molar-refractivity contribution in [2.45, 2.75) is 25.7 Å². The molecule has 1 amide bonds. The van der Waals surface area contributed by atoms with Gasteiger partial charge < -0.3 is 10.1 Å². The Morgan fingerprint density at radius 2 is 1.68 bits per heavy atom. The molecule has 0 heterocycles. The van der Waals surface area contributed by atoms with E-state index in [4.69, 9.17) is 4.74 Å². The van der Waals surface area contributed by atoms with Gasteiger partial charge in [0.2, 0.25) is 0 Å². The second-order valence-electron chi connectivity index (χ2n) is 7.27. The van der Waals surface area contributed by atoms with Gasteiger partial charge in [0.25, 0.3) is 15.9 Å². The number of aryl methyl sites for hydroxylation is 2. The Bertz CT molecular complexity index is 1180. The van der Waals surface area contributed by atoms with E-state index in [0.717, 1.165) is 16.9 Å². The van der Waals surface area contributed by atoms with Gasteiger partial charge in [0.05, 0.1) is 17.1 Å². The smallest absolute Gasteiger partial charge is 0.261 e. The highest BCUT2D eigenvalue weighted by atomic mass is 32.2. The first-order valence-electron chi connectivity index (χ1n) is 9.93. The fourth-order valence-corrected chi connectivity index (χ4v) is 4.32. The molecule has 2 N–H and O–H groups in total. The highest BCUT2D eigenvalue weighted by Crippen LogP contribution is 2.23. The summed E-state index contributed by atoms with van der Waals surface area (Å²) in [6, 6.07) is 19.0. The van der Waals surface area contributed by atoms with E-state index in [2.05, 4.69) is 10.0 Å². The molecule has 3 rings (SSSR count). The number of carbonyl (C=O) groups is 1. The van der Waals surface area contributed by atoms with Crippen LogP contribution in [0.4, 0.5) is 5.69 Å². The molecular formula is C24H26N2O4S. The number of anilines is 1. The SMILES string of the molecule is Cc1ccc(OCCNC(=O)c2cccc(NS(=O)(=O)c3ccccc3)c2C)c(C)c1. The molecule has 0 radical (unpaired) electrons. The second kappa shape index (κ2) is 9.66. The molecule has 31 heavy (non-hydrogen) atoms. The van der Waals surface area contributed by atoms with E-state index in [1.807, 2.05) is 32.0 Å². The molecule has 3 aromatic rings. The Labute approximate surface area is 183 Å². The Kier molecular flexibility index (Phi) is 6.97. The van der Waals surface area contributed by atoms with Gasteiger partial charge in [0.15, 0.2) is 0 Å². The van der Waals surface area contributed by atoms with E-state index in [0.29, 0.717) is 30.0 Å². The van der Waals surface area contributed by atoms with Gasteiger partial charge in [-0.25, -0.2) is 8.42 Å². The van der Waals surface area contributed by atoms with Crippen molar-refractivity contribution in [3.63, 3.8) is 0 Å². The number of amides is 1. The summed E-state index contributed by atoms with van der Waals surface area (Å²) in [6.45, 7) is 6.37. The lowest BCUT2D eigenvalue weighted by atomic mass is 10.1. The van der Waals surface area contributed by atoms with Crippen LogP contribution in [0.25, 0.3) is 0 Å². The van der Waals surface area contributed by atoms with E-state index in [1.54, 1.807) is 43.3 Å². The molecule has 0 saturated carbocycles. The molecule has 0 spiro atoms. The topological polar surface area (TPSA) is 84.5 Å². The van der Waals surface area contributed by atoms with Crippen LogP contribution in [0.2, 0.25) is 0 Å². The molecule has 3 aromatic carbocycles. The lowest BCUT2D eigenvalue weighted by Crippen LogP contribution is -2.29. The number of sulfonamides is 1. The van der Waals surface area contributed by atoms with Crippen molar-refractivity contribution in [2.75, 3.05) is 17.9 Å². The molecule has 0 fully saturated rings. The summed E-state index contributed by atoms with van der Waals surface area (Å²) in [5, 5.41) is 2.82. The van der Waals surface area contributed by atoms with Crippen LogP contribution in [0.1, 0.15) is 27.0 Å². The van der Waals surface area contributed by atoms with Crippen molar-refractivity contribution in [3.05, 3.63) is 89.0 Å². The van der Waals surface area contributed by atoms with E-state index < -0.39 is 10.0 Å². The minimum Gasteiger partial charge on any atom is -0.491 e. The summed E-state index contributed by atoms with van der Waals surface area (Å²) in [5.74, 6) is 0.496. The summed E-state index contributed by atoms with van der Waals surface area (Å²) >= 11 is 0. The predicted molar refractivity (Wildman–Crippen MR) is 122 cm³/mol. The minimum atomic E-state index is -3.74. The minimum absolute atomic E-state index is 0.160. The molecule has 0 saturated heterocycles. The molecule has 0 bridgehead atoms. The molecule has 0 atom stereocenters. The Morgan fingerprint density at radius 1 is 0.935 bits per heavy atom. The third-order valence-corrected chi connectivity index (χ3v) is 6.23. The van der Waals surface area contributed by atoms with Gasteiger partial charge in [0, 0.05) is 5.56 Å². The molecule has 0 aliphatic carbocycles. The van der Waals surface area contributed by atoms with Crippen molar-refractivity contribution in [1.29, 1.82) is 0 Å². The lowest BCUT2D eigenvalue weighted by Gasteiger charge is -2.14. The van der Waals surface area contributed by atoms with Crippen LogP contribution >= 0.6 is 0 Å². The molecule has 0 unspecified atom stereocenters. The van der Waals surface area contributed by atoms with Crippen LogP contribution in [0.5, 0.6) is 5.75 Å². The van der Waals surface area contributed by atoms with Crippen LogP contribution in [0.15, 0.2) is 71.6 Å². The maximum Gasteiger partial charge on any atom is 0.261 e. The molecule has 0 aliphatic rings. The largest absolute Gasteiger partial charge is 0.491 e. The maximum atomic E-state index is 12.6. The quantitative estimate of drug-likeness (QED) is 0.516. The standard InChI is InChI=1S/C24H26N2O4S/c1-17-12-13-23(18(2)16-17)30-15-14-25-24(27)21-10-7-11-22(19(21)3)26-31(28,29)20-8-5-4-6-9-20/h4-13,16,26H,14-15H2,1-3H3,(H,25,27). The zero-order valence-corrected chi connectivity index (χ0v) is 18.6. The first-order valence-corrected chi connectivity index (χ1v) is 11.4. The number of nitrogens with one attached hydrogen (secondary N) is 2. The Balaban J connectivity index is 1.63. The summed E-state index contributed by atoms with van der Waals surface area (Å²) in [6.07, 6.45) is 0. The van der Waals surface area contributed by atoms with Crippen LogP contribution in [0.3, 0.4) is 0 Å². The van der Waals surface area contributed by atoms with E-state index in [1.165, 1.54) is 12.1 Å². The highest BCUT2D eigenvalue weighted by molar-refractivity contribution is 7.92. The van der Waals surface area contributed by atoms with Gasteiger partial charge in [-0.05, 0) is 62.2 Å². The van der Waals surface area contributed by atoms with E-state index in [-0.39, 0.29) is 10.8 Å². The molecule has 0 aliphatic heterocycles. The third kappa shape index (κ3) is 5.64. The average molecular weight is 439 g/mol. The molecule has 0 aromatic heterocycles. The number of ether oxygens (including phenoxy) is 1. The van der Waals surface area contributed by atoms with Gasteiger partial charge in [-0.2, -0.15) is 0 Å². The molecular weight excluding hydrogens is 412 g/mol. The highest BCUT2D eigenvalue weighted by Gasteiger charge is 2.17. The second-order valence-corrected chi connectivity index (χ2v) is 8.95. The third-order valence-electron chi connectivity index (χ3n) is 4.85. The van der Waals surface area contributed by atoms with Crippen LogP contribution in [-0.2, 0) is 10.0 Å². The van der Waals surface area contributed by atoms with Gasteiger partial charge in [-0.15, -0.1) is 0 Å². The molecule has 7 heteroatoms. The fraction of sp³-hybridized carbons (Fsp3) is 0.208. The van der Waals surface area contributed by atoms with Crippen molar-refractivity contribution in [2.24, 2.45) is 0 Å². The monoisotopic (exact) mass is 438 g/mol. The molecule has 6 nitrogen and oxygen atoms in total. The number of hydrogen-bond donors (Lipinski definition) is 2. The number of hydrogen-bond acceptors (Lipinski definition) is 4. The number of benzene rings is 3. The van der Waals surface area contributed by atoms with Crippen molar-refractivity contribution in [3.8, 4) is 5.75 Å². The Morgan fingerprint density at radius 3 is 2.39 bits per heavy atom. The first kappa shape index (κ1) is 22.4. The van der Waals surface area contributed by atoms with E-state index >= 15 is 0 Å². The summed E-state index contributed by atoms with van der Waals surface area (Å²) in [4.78, 5) is 12.8. The van der Waals surface area contributed by atoms with Crippen LogP contribution < -0.4 is 14.8 Å². The zero-order chi connectivity index (χ0) is 22.4. The first-order chi connectivity index (χ1) is 14.8. The van der Waals surface area contributed by atoms with Gasteiger partial charge in [-0.1, -0.05) is 42.0 Å². The van der Waals surface area contributed by atoms with Crippen molar-refractivity contribution in [1.82, 2.24) is 5.32 Å². The average Bonchev–Trinajstić information content (AvgIpc) is 2.74. The summed E-state index contributed by atoms with van der Waals surface area (Å²) in [7, 11) is -3.74. The fourth-order valence-electron chi connectivity index (χ4n) is 3.18. The predicted octanol–water partition coefficient (Wildman–Crippen LogP) is 4.22. The summed E-state index contributed by atoms with van der Waals surface area (Å²) < 4.78 is 33.5. The van der Waals surface area contributed by atoms with Crippen LogP contribution in [0, 0.1) is 20.8 Å². The molecule has 162 valence electrons. The van der Waals surface area contributed by atoms with E-state index in [9.17, 15) is 13.2 Å². The normalized spacial score (nSPS) is 11.1. The Hall–Kier alpha value is -3.32. The lowest BCUT2D eigenvalue weighted by molar-refractivity contribution is 0.0946.